The Morgan fingerprint density at radius 3 is 3.09 bits per heavy atom. The summed E-state index contributed by atoms with van der Waals surface area (Å²) >= 11 is 7.44. The van der Waals surface area contributed by atoms with E-state index in [1.807, 2.05) is 24.3 Å². The fourth-order valence-corrected chi connectivity index (χ4v) is 2.91. The quantitative estimate of drug-likeness (QED) is 0.726. The first-order valence-corrected chi connectivity index (χ1v) is 8.05. The largest absolute Gasteiger partial charge is 0.383 e. The van der Waals surface area contributed by atoms with Crippen LogP contribution in [0.3, 0.4) is 0 Å². The summed E-state index contributed by atoms with van der Waals surface area (Å²) < 4.78 is 4.90. The van der Waals surface area contributed by atoms with E-state index < -0.39 is 0 Å². The first-order chi connectivity index (χ1) is 10.7. The molecule has 1 heterocycles. The molecule has 118 valence electrons. The molecule has 0 aliphatic rings. The minimum Gasteiger partial charge on any atom is -0.383 e. The third-order valence-electron chi connectivity index (χ3n) is 2.84. The number of hydrogen-bond donors (Lipinski definition) is 2. The summed E-state index contributed by atoms with van der Waals surface area (Å²) in [7, 11) is 1.62. The number of aromatic nitrogens is 1. The van der Waals surface area contributed by atoms with Crippen molar-refractivity contribution in [3.63, 3.8) is 0 Å². The fourth-order valence-electron chi connectivity index (χ4n) is 1.83. The van der Waals surface area contributed by atoms with Gasteiger partial charge >= 0.3 is 0 Å². The molecule has 1 aromatic heterocycles. The molecule has 0 bridgehead atoms. The minimum atomic E-state index is -0.111. The lowest BCUT2D eigenvalue weighted by atomic mass is 10.1. The Balaban J connectivity index is 1.82. The topological polar surface area (TPSA) is 63.2 Å². The van der Waals surface area contributed by atoms with E-state index in [2.05, 4.69) is 15.6 Å². The van der Waals surface area contributed by atoms with Gasteiger partial charge in [0.05, 0.1) is 13.2 Å². The highest BCUT2D eigenvalue weighted by molar-refractivity contribution is 7.15. The number of rotatable bonds is 8. The first-order valence-electron chi connectivity index (χ1n) is 6.86. The summed E-state index contributed by atoms with van der Waals surface area (Å²) in [5.41, 5.74) is 1.12. The Hall–Kier alpha value is -1.47. The summed E-state index contributed by atoms with van der Waals surface area (Å²) in [6.45, 7) is 1.46. The van der Waals surface area contributed by atoms with Crippen molar-refractivity contribution in [3.8, 4) is 0 Å². The Kier molecular flexibility index (Phi) is 6.79. The van der Waals surface area contributed by atoms with E-state index in [9.17, 15) is 4.79 Å². The smallest absolute Gasteiger partial charge is 0.240 e. The number of halogens is 1. The number of carbonyl (C=O) groups is 1. The van der Waals surface area contributed by atoms with Gasteiger partial charge in [-0.05, 0) is 17.7 Å². The number of thiazole rings is 1. The number of nitrogens with one attached hydrogen (secondary N) is 2. The molecule has 0 spiro atoms. The number of ether oxygens (including phenoxy) is 1. The van der Waals surface area contributed by atoms with E-state index in [4.69, 9.17) is 16.3 Å². The summed E-state index contributed by atoms with van der Waals surface area (Å²) in [6.07, 6.45) is 2.53. The summed E-state index contributed by atoms with van der Waals surface area (Å²) in [4.78, 5) is 17.0. The lowest BCUT2D eigenvalue weighted by Gasteiger charge is -2.03. The molecule has 0 atom stereocenters. The van der Waals surface area contributed by atoms with Crippen molar-refractivity contribution in [3.05, 3.63) is 45.9 Å². The predicted octanol–water partition coefficient (Wildman–Crippen LogP) is 2.56. The number of benzene rings is 1. The molecule has 2 aromatic rings. The van der Waals surface area contributed by atoms with Gasteiger partial charge in [0.2, 0.25) is 5.91 Å². The van der Waals surface area contributed by atoms with Crippen LogP contribution in [-0.4, -0.2) is 37.7 Å². The van der Waals surface area contributed by atoms with E-state index in [1.54, 1.807) is 13.3 Å². The van der Waals surface area contributed by atoms with Crippen LogP contribution in [0.5, 0.6) is 0 Å². The number of hydrogen-bond acceptors (Lipinski definition) is 5. The lowest BCUT2D eigenvalue weighted by Crippen LogP contribution is -2.30. The van der Waals surface area contributed by atoms with Crippen LogP contribution in [0.1, 0.15) is 10.4 Å². The maximum absolute atomic E-state index is 11.7. The third kappa shape index (κ3) is 5.73. The fraction of sp³-hybridized carbons (Fsp3) is 0.333. The minimum absolute atomic E-state index is 0.111. The first kappa shape index (κ1) is 16.9. The van der Waals surface area contributed by atoms with Gasteiger partial charge in [-0.25, -0.2) is 4.98 Å². The van der Waals surface area contributed by atoms with Crippen LogP contribution in [0, 0.1) is 0 Å². The van der Waals surface area contributed by atoms with Gasteiger partial charge < -0.3 is 15.4 Å². The molecule has 0 saturated heterocycles. The number of anilines is 1. The zero-order chi connectivity index (χ0) is 15.8. The van der Waals surface area contributed by atoms with Gasteiger partial charge in [0.1, 0.15) is 0 Å². The van der Waals surface area contributed by atoms with Crippen LogP contribution in [0.25, 0.3) is 0 Å². The monoisotopic (exact) mass is 339 g/mol. The molecular weight excluding hydrogens is 322 g/mol. The molecule has 22 heavy (non-hydrogen) atoms. The number of methoxy groups -OCH3 is 1. The van der Waals surface area contributed by atoms with E-state index in [1.165, 1.54) is 11.3 Å². The molecule has 1 amide bonds. The zero-order valence-corrected chi connectivity index (χ0v) is 13.8. The molecule has 7 heteroatoms. The van der Waals surface area contributed by atoms with E-state index in [0.29, 0.717) is 18.3 Å². The van der Waals surface area contributed by atoms with Gasteiger partial charge in [0, 0.05) is 36.2 Å². The third-order valence-corrected chi connectivity index (χ3v) is 3.98. The van der Waals surface area contributed by atoms with Crippen molar-refractivity contribution >= 4 is 34.0 Å². The lowest BCUT2D eigenvalue weighted by molar-refractivity contribution is -0.115. The SMILES string of the molecule is COCCNCC(=O)Nc1ncc(Cc2cccc(Cl)c2)s1. The van der Waals surface area contributed by atoms with Crippen LogP contribution < -0.4 is 10.6 Å². The van der Waals surface area contributed by atoms with Gasteiger partial charge in [-0.3, -0.25) is 4.79 Å². The molecule has 1 aromatic carbocycles. The molecule has 0 aliphatic carbocycles. The van der Waals surface area contributed by atoms with Crippen molar-refractivity contribution in [2.24, 2.45) is 0 Å². The Labute approximate surface area is 138 Å². The maximum atomic E-state index is 11.7. The molecule has 0 unspecified atom stereocenters. The Bertz CT molecular complexity index is 618. The predicted molar refractivity (Wildman–Crippen MR) is 89.7 cm³/mol. The number of nitrogens with zero attached hydrogens (tertiary/aromatic N) is 1. The van der Waals surface area contributed by atoms with Crippen LogP contribution in [-0.2, 0) is 16.0 Å². The highest BCUT2D eigenvalue weighted by Crippen LogP contribution is 2.22. The van der Waals surface area contributed by atoms with Gasteiger partial charge in [-0.1, -0.05) is 23.7 Å². The van der Waals surface area contributed by atoms with E-state index in [0.717, 1.165) is 21.9 Å². The molecule has 2 N–H and O–H groups in total. The van der Waals surface area contributed by atoms with Gasteiger partial charge in [0.25, 0.3) is 0 Å². The highest BCUT2D eigenvalue weighted by Gasteiger charge is 2.07. The molecule has 0 saturated carbocycles. The second kappa shape index (κ2) is 8.85. The van der Waals surface area contributed by atoms with Crippen molar-refractivity contribution < 1.29 is 9.53 Å². The van der Waals surface area contributed by atoms with Crippen LogP contribution in [0.15, 0.2) is 30.5 Å². The average Bonchev–Trinajstić information content (AvgIpc) is 2.91. The maximum Gasteiger partial charge on any atom is 0.240 e. The van der Waals surface area contributed by atoms with Crippen molar-refractivity contribution in [1.82, 2.24) is 10.3 Å². The molecule has 0 aliphatic heterocycles. The number of amides is 1. The van der Waals surface area contributed by atoms with Crippen molar-refractivity contribution in [1.29, 1.82) is 0 Å². The molecular formula is C15H18ClN3O2S. The summed E-state index contributed by atoms with van der Waals surface area (Å²) in [6, 6.07) is 7.72. The standard InChI is InChI=1S/C15H18ClN3O2S/c1-21-6-5-17-10-14(20)19-15-18-9-13(22-15)8-11-3-2-4-12(16)7-11/h2-4,7,9,17H,5-6,8,10H2,1H3,(H,18,19,20). The molecule has 2 rings (SSSR count). The van der Waals surface area contributed by atoms with Crippen LogP contribution in [0.2, 0.25) is 5.02 Å². The van der Waals surface area contributed by atoms with Crippen molar-refractivity contribution in [2.75, 3.05) is 32.1 Å². The van der Waals surface area contributed by atoms with Crippen molar-refractivity contribution in [2.45, 2.75) is 6.42 Å². The van der Waals surface area contributed by atoms with E-state index >= 15 is 0 Å². The van der Waals surface area contributed by atoms with Gasteiger partial charge in [-0.15, -0.1) is 11.3 Å². The van der Waals surface area contributed by atoms with E-state index in [-0.39, 0.29) is 12.5 Å². The van der Waals surface area contributed by atoms with Crippen LogP contribution in [0.4, 0.5) is 5.13 Å². The average molecular weight is 340 g/mol. The zero-order valence-electron chi connectivity index (χ0n) is 12.3. The Morgan fingerprint density at radius 2 is 2.32 bits per heavy atom. The molecule has 0 fully saturated rings. The van der Waals surface area contributed by atoms with Gasteiger partial charge in [-0.2, -0.15) is 0 Å². The van der Waals surface area contributed by atoms with Crippen LogP contribution >= 0.6 is 22.9 Å². The second-order valence-corrected chi connectivity index (χ2v) is 6.21. The van der Waals surface area contributed by atoms with Gasteiger partial charge in [0.15, 0.2) is 5.13 Å². The summed E-state index contributed by atoms with van der Waals surface area (Å²) in [5, 5.41) is 7.09. The number of carbonyl (C=O) groups excluding carboxylic acids is 1. The summed E-state index contributed by atoms with van der Waals surface area (Å²) in [5.74, 6) is -0.111. The molecule has 0 radical (unpaired) electrons. The molecule has 5 nitrogen and oxygen atoms in total. The second-order valence-electron chi connectivity index (χ2n) is 4.66. The highest BCUT2D eigenvalue weighted by atomic mass is 35.5. The normalized spacial score (nSPS) is 10.6. The Morgan fingerprint density at radius 1 is 1.45 bits per heavy atom.